The van der Waals surface area contributed by atoms with Gasteiger partial charge in [0.2, 0.25) is 10.0 Å². The number of sulfonamides is 1. The van der Waals surface area contributed by atoms with E-state index in [0.717, 1.165) is 22.3 Å². The average molecular weight is 500 g/mol. The van der Waals surface area contributed by atoms with Crippen LogP contribution in [-0.4, -0.2) is 31.3 Å². The van der Waals surface area contributed by atoms with E-state index in [-0.39, 0.29) is 0 Å². The third-order valence-electron chi connectivity index (χ3n) is 4.56. The fourth-order valence-electron chi connectivity index (χ4n) is 3.07. The van der Waals surface area contributed by atoms with Crippen LogP contribution < -0.4 is 9.62 Å². The molecule has 1 heterocycles. The first kappa shape index (κ1) is 24.0. The van der Waals surface area contributed by atoms with Gasteiger partial charge in [0.1, 0.15) is 5.69 Å². The molecule has 0 saturated heterocycles. The summed E-state index contributed by atoms with van der Waals surface area (Å²) in [6, 6.07) is 15.4. The normalized spacial score (nSPS) is 12.7. The molecule has 0 bridgehead atoms. The topological polar surface area (TPSA) is 82.5 Å². The minimum Gasteiger partial charge on any atom is -0.372 e. The van der Waals surface area contributed by atoms with Crippen molar-refractivity contribution in [3.05, 3.63) is 80.3 Å². The number of rotatable bonds is 9. The second-order valence-corrected chi connectivity index (χ2v) is 10.9. The number of aliphatic hydroxyl groups is 1. The maximum absolute atomic E-state index is 11.5. The van der Waals surface area contributed by atoms with Gasteiger partial charge in [0.05, 0.1) is 6.26 Å². The lowest BCUT2D eigenvalue weighted by Gasteiger charge is -2.22. The van der Waals surface area contributed by atoms with Gasteiger partial charge < -0.3 is 10.0 Å². The summed E-state index contributed by atoms with van der Waals surface area (Å²) in [6.07, 6.45) is 0.265. The Kier molecular flexibility index (Phi) is 7.96. The van der Waals surface area contributed by atoms with Crippen LogP contribution in [0.2, 0.25) is 10.0 Å². The highest BCUT2D eigenvalue weighted by Gasteiger charge is 2.22. The molecule has 1 atom stereocenters. The van der Waals surface area contributed by atoms with Gasteiger partial charge in [-0.2, -0.15) is 4.72 Å². The van der Waals surface area contributed by atoms with Gasteiger partial charge in [-0.05, 0) is 36.6 Å². The van der Waals surface area contributed by atoms with Gasteiger partial charge in [0, 0.05) is 28.0 Å². The van der Waals surface area contributed by atoms with E-state index in [9.17, 15) is 13.5 Å². The zero-order valence-electron chi connectivity index (χ0n) is 17.0. The Labute approximate surface area is 196 Å². The number of aromatic nitrogens is 1. The summed E-state index contributed by atoms with van der Waals surface area (Å²) in [6.45, 7) is 3.03. The summed E-state index contributed by atoms with van der Waals surface area (Å²) in [5.41, 5.74) is 2.37. The Morgan fingerprint density at radius 3 is 2.55 bits per heavy atom. The van der Waals surface area contributed by atoms with Gasteiger partial charge in [-0.1, -0.05) is 59.6 Å². The number of nitrogens with zero attached hydrogens (tertiary/aromatic N) is 2. The number of anilines is 1. The molecular weight excluding hydrogens is 477 g/mol. The Morgan fingerprint density at radius 2 is 1.90 bits per heavy atom. The van der Waals surface area contributed by atoms with Gasteiger partial charge in [0.15, 0.2) is 11.4 Å². The smallest absolute Gasteiger partial charge is 0.211 e. The molecule has 10 heteroatoms. The van der Waals surface area contributed by atoms with Crippen LogP contribution >= 0.6 is 34.5 Å². The quantitative estimate of drug-likeness (QED) is 0.422. The Balaban J connectivity index is 1.86. The summed E-state index contributed by atoms with van der Waals surface area (Å²) in [7, 11) is -3.58. The summed E-state index contributed by atoms with van der Waals surface area (Å²) >= 11 is 13.7. The van der Waals surface area contributed by atoms with E-state index in [1.165, 1.54) is 11.3 Å². The van der Waals surface area contributed by atoms with Crippen LogP contribution in [0.5, 0.6) is 0 Å². The van der Waals surface area contributed by atoms with Crippen LogP contribution in [0.3, 0.4) is 0 Å². The van der Waals surface area contributed by atoms with Crippen molar-refractivity contribution < 1.29 is 13.5 Å². The third kappa shape index (κ3) is 6.90. The molecule has 166 valence electrons. The molecule has 0 fully saturated rings. The predicted molar refractivity (Wildman–Crippen MR) is 127 cm³/mol. The van der Waals surface area contributed by atoms with Gasteiger partial charge in [0.25, 0.3) is 0 Å². The van der Waals surface area contributed by atoms with Crippen molar-refractivity contribution in [3.8, 4) is 0 Å². The molecule has 1 aromatic heterocycles. The number of benzene rings is 2. The molecule has 2 N–H and O–H groups in total. The number of hydrogen-bond donors (Lipinski definition) is 2. The Hall–Kier alpha value is -1.68. The fraction of sp³-hybridized carbons (Fsp3) is 0.286. The van der Waals surface area contributed by atoms with Crippen molar-refractivity contribution in [3.63, 3.8) is 0 Å². The molecule has 2 aromatic carbocycles. The number of halogens is 2. The minimum absolute atomic E-state index is 0.299. The Morgan fingerprint density at radius 1 is 1.19 bits per heavy atom. The molecule has 6 nitrogen and oxygen atoms in total. The van der Waals surface area contributed by atoms with Crippen LogP contribution in [0.1, 0.15) is 27.9 Å². The zero-order chi connectivity index (χ0) is 22.6. The number of hydrogen-bond acceptors (Lipinski definition) is 6. The first-order valence-corrected chi connectivity index (χ1v) is 12.9. The van der Waals surface area contributed by atoms with Crippen LogP contribution in [-0.2, 0) is 23.0 Å². The van der Waals surface area contributed by atoms with E-state index in [0.29, 0.717) is 40.4 Å². The maximum atomic E-state index is 11.5. The lowest BCUT2D eigenvalue weighted by Crippen LogP contribution is -2.28. The molecule has 3 aromatic rings. The van der Waals surface area contributed by atoms with Crippen LogP contribution in [0, 0.1) is 6.92 Å². The van der Waals surface area contributed by atoms with Crippen molar-refractivity contribution >= 4 is 49.7 Å². The third-order valence-corrected chi connectivity index (χ3v) is 6.84. The van der Waals surface area contributed by atoms with E-state index in [4.69, 9.17) is 23.2 Å². The number of aryl methyl sites for hydroxylation is 1. The van der Waals surface area contributed by atoms with E-state index in [1.807, 2.05) is 42.5 Å². The van der Waals surface area contributed by atoms with Crippen molar-refractivity contribution in [2.45, 2.75) is 26.1 Å². The van der Waals surface area contributed by atoms with Gasteiger partial charge in [-0.25, -0.2) is 13.4 Å². The number of nitrogens with one attached hydrogen (secondary N) is 1. The molecule has 0 aliphatic heterocycles. The van der Waals surface area contributed by atoms with Gasteiger partial charge in [-0.15, -0.1) is 11.3 Å². The van der Waals surface area contributed by atoms with Crippen molar-refractivity contribution in [2.24, 2.45) is 0 Å². The molecule has 31 heavy (non-hydrogen) atoms. The number of aliphatic hydroxyl groups excluding tert-OH is 1. The lowest BCUT2D eigenvalue weighted by molar-refractivity contribution is 0.162. The van der Waals surface area contributed by atoms with Crippen LogP contribution in [0.25, 0.3) is 0 Å². The first-order chi connectivity index (χ1) is 14.6. The van der Waals surface area contributed by atoms with E-state index in [1.54, 1.807) is 13.0 Å². The SMILES string of the molecule is Cc1sc(N(CCc2ccc(Cl)cc2Cl)Cc2ccccc2)nc1C(O)NS(C)(=O)=O. The fourth-order valence-corrected chi connectivity index (χ4v) is 5.05. The molecule has 0 aliphatic carbocycles. The van der Waals surface area contributed by atoms with Gasteiger partial charge >= 0.3 is 0 Å². The molecule has 3 rings (SSSR count). The second-order valence-electron chi connectivity index (χ2n) is 7.12. The molecule has 0 aliphatic rings. The highest BCUT2D eigenvalue weighted by molar-refractivity contribution is 7.88. The highest BCUT2D eigenvalue weighted by atomic mass is 35.5. The standard InChI is InChI=1S/C21H23Cl2N3O3S2/c1-14-19(20(27)25-31(2,28)29)24-21(30-14)26(13-15-6-4-3-5-7-15)11-10-16-8-9-17(22)12-18(16)23/h3-9,12,20,25,27H,10-11,13H2,1-2H3. The summed E-state index contributed by atoms with van der Waals surface area (Å²) in [5, 5.41) is 12.2. The Bertz CT molecular complexity index is 1140. The molecule has 0 spiro atoms. The molecule has 0 radical (unpaired) electrons. The molecular formula is C21H23Cl2N3O3S2. The summed E-state index contributed by atoms with van der Waals surface area (Å²) in [4.78, 5) is 7.38. The second kappa shape index (κ2) is 10.3. The van der Waals surface area contributed by atoms with Crippen LogP contribution in [0.15, 0.2) is 48.5 Å². The lowest BCUT2D eigenvalue weighted by atomic mass is 10.1. The highest BCUT2D eigenvalue weighted by Crippen LogP contribution is 2.30. The van der Waals surface area contributed by atoms with Gasteiger partial charge in [-0.3, -0.25) is 0 Å². The number of thiazole rings is 1. The zero-order valence-corrected chi connectivity index (χ0v) is 20.2. The van der Waals surface area contributed by atoms with E-state index in [2.05, 4.69) is 14.6 Å². The largest absolute Gasteiger partial charge is 0.372 e. The summed E-state index contributed by atoms with van der Waals surface area (Å²) < 4.78 is 25.2. The van der Waals surface area contributed by atoms with E-state index >= 15 is 0 Å². The van der Waals surface area contributed by atoms with Crippen molar-refractivity contribution in [1.29, 1.82) is 0 Å². The minimum atomic E-state index is -3.58. The van der Waals surface area contributed by atoms with Crippen molar-refractivity contribution in [2.75, 3.05) is 17.7 Å². The first-order valence-electron chi connectivity index (χ1n) is 9.48. The summed E-state index contributed by atoms with van der Waals surface area (Å²) in [5.74, 6) is 0. The monoisotopic (exact) mass is 499 g/mol. The molecule has 1 unspecified atom stereocenters. The van der Waals surface area contributed by atoms with E-state index < -0.39 is 16.3 Å². The van der Waals surface area contributed by atoms with Crippen LogP contribution in [0.4, 0.5) is 5.13 Å². The maximum Gasteiger partial charge on any atom is 0.211 e. The predicted octanol–water partition coefficient (Wildman–Crippen LogP) is 4.55. The van der Waals surface area contributed by atoms with Crippen molar-refractivity contribution in [1.82, 2.24) is 9.71 Å². The molecule has 0 saturated carbocycles. The average Bonchev–Trinajstić information content (AvgIpc) is 3.07. The molecule has 0 amide bonds.